The van der Waals surface area contributed by atoms with Crippen LogP contribution in [-0.2, 0) is 0 Å². The van der Waals surface area contributed by atoms with Crippen LogP contribution >= 0.6 is 11.6 Å². The number of alkyl halides is 1. The van der Waals surface area contributed by atoms with Crippen molar-refractivity contribution in [3.63, 3.8) is 0 Å². The van der Waals surface area contributed by atoms with Gasteiger partial charge in [-0.05, 0) is 0 Å². The van der Waals surface area contributed by atoms with Crippen molar-refractivity contribution in [2.45, 2.75) is 13.8 Å². The lowest BCUT2D eigenvalue weighted by Crippen LogP contribution is -2.31. The molecule has 5 heteroatoms. The number of hydrogen-bond acceptors (Lipinski definition) is 3. The van der Waals surface area contributed by atoms with E-state index in [1.165, 1.54) is 0 Å². The molecule has 0 aliphatic rings. The molecule has 13 heavy (non-hydrogen) atoms. The number of oxime groups is 1. The minimum absolute atomic E-state index is 0.378. The predicted octanol–water partition coefficient (Wildman–Crippen LogP) is 1.78. The molecule has 0 unspecified atom stereocenters. The fourth-order valence-electron chi connectivity index (χ4n) is 0.981. The fourth-order valence-corrected chi connectivity index (χ4v) is 1.10. The van der Waals surface area contributed by atoms with Crippen molar-refractivity contribution in [3.05, 3.63) is 18.7 Å². The Morgan fingerprint density at radius 3 is 2.77 bits per heavy atom. The second-order valence-corrected chi connectivity index (χ2v) is 3.68. The standard InChI is InChI=1S/C8H12ClN3O/c1-8(2,5-9)7(11-13)12-4-3-10-6-12/h3-4,6,13H,5H2,1-2H3/b11-7-. The van der Waals surface area contributed by atoms with Crippen LogP contribution in [0, 0.1) is 5.41 Å². The SMILES string of the molecule is CC(C)(CCl)/C(=N/O)n1ccnc1. The third kappa shape index (κ3) is 2.01. The lowest BCUT2D eigenvalue weighted by molar-refractivity contribution is 0.308. The van der Waals surface area contributed by atoms with Gasteiger partial charge in [0.15, 0.2) is 5.84 Å². The van der Waals surface area contributed by atoms with E-state index < -0.39 is 0 Å². The first kappa shape index (κ1) is 10.1. The van der Waals surface area contributed by atoms with Crippen LogP contribution in [0.15, 0.2) is 23.9 Å². The summed E-state index contributed by atoms with van der Waals surface area (Å²) in [7, 11) is 0. The summed E-state index contributed by atoms with van der Waals surface area (Å²) in [4.78, 5) is 3.87. The topological polar surface area (TPSA) is 50.4 Å². The Balaban J connectivity index is 3.01. The van der Waals surface area contributed by atoms with E-state index in [1.54, 1.807) is 23.3 Å². The van der Waals surface area contributed by atoms with E-state index in [1.807, 2.05) is 13.8 Å². The van der Waals surface area contributed by atoms with Crippen molar-refractivity contribution in [3.8, 4) is 0 Å². The summed E-state index contributed by atoms with van der Waals surface area (Å²) in [6.07, 6.45) is 4.90. The zero-order valence-corrected chi connectivity index (χ0v) is 8.36. The molecule has 0 fully saturated rings. The van der Waals surface area contributed by atoms with Crippen molar-refractivity contribution in [1.29, 1.82) is 0 Å². The maximum absolute atomic E-state index is 8.85. The van der Waals surface area contributed by atoms with Crippen molar-refractivity contribution in [2.75, 3.05) is 5.88 Å². The van der Waals surface area contributed by atoms with Gasteiger partial charge in [-0.3, -0.25) is 4.57 Å². The van der Waals surface area contributed by atoms with Crippen molar-refractivity contribution >= 4 is 17.4 Å². The summed E-state index contributed by atoms with van der Waals surface area (Å²) in [5.41, 5.74) is -0.378. The Kier molecular flexibility index (Phi) is 2.93. The molecule has 0 atom stereocenters. The molecule has 0 saturated heterocycles. The van der Waals surface area contributed by atoms with Crippen LogP contribution in [0.4, 0.5) is 0 Å². The normalized spacial score (nSPS) is 13.3. The number of nitrogens with zero attached hydrogens (tertiary/aromatic N) is 3. The summed E-state index contributed by atoms with van der Waals surface area (Å²) in [6.45, 7) is 3.80. The van der Waals surface area contributed by atoms with Gasteiger partial charge >= 0.3 is 0 Å². The summed E-state index contributed by atoms with van der Waals surface area (Å²) >= 11 is 5.76. The molecule has 0 aliphatic carbocycles. The molecule has 1 aromatic heterocycles. The largest absolute Gasteiger partial charge is 0.409 e. The molecule has 4 nitrogen and oxygen atoms in total. The monoisotopic (exact) mass is 201 g/mol. The van der Waals surface area contributed by atoms with Gasteiger partial charge in [-0.2, -0.15) is 0 Å². The van der Waals surface area contributed by atoms with E-state index in [9.17, 15) is 0 Å². The van der Waals surface area contributed by atoms with Crippen molar-refractivity contribution in [1.82, 2.24) is 9.55 Å². The van der Waals surface area contributed by atoms with E-state index in [2.05, 4.69) is 10.1 Å². The average Bonchev–Trinajstić information content (AvgIpc) is 2.58. The van der Waals surface area contributed by atoms with E-state index in [0.29, 0.717) is 11.7 Å². The minimum Gasteiger partial charge on any atom is -0.409 e. The Hall–Kier alpha value is -1.03. The fraction of sp³-hybridized carbons (Fsp3) is 0.500. The first-order valence-electron chi connectivity index (χ1n) is 3.88. The highest BCUT2D eigenvalue weighted by atomic mass is 35.5. The molecular weight excluding hydrogens is 190 g/mol. The maximum Gasteiger partial charge on any atom is 0.160 e. The molecule has 1 N–H and O–H groups in total. The second kappa shape index (κ2) is 3.79. The smallest absolute Gasteiger partial charge is 0.160 e. The Bertz CT molecular complexity index is 292. The van der Waals surface area contributed by atoms with Crippen LogP contribution in [0.25, 0.3) is 0 Å². The van der Waals surface area contributed by atoms with Gasteiger partial charge in [0.2, 0.25) is 0 Å². The van der Waals surface area contributed by atoms with Gasteiger partial charge in [0, 0.05) is 23.7 Å². The summed E-state index contributed by atoms with van der Waals surface area (Å²) in [5.74, 6) is 0.866. The van der Waals surface area contributed by atoms with Crippen LogP contribution < -0.4 is 0 Å². The van der Waals surface area contributed by atoms with Crippen molar-refractivity contribution < 1.29 is 5.21 Å². The molecule has 0 aromatic carbocycles. The molecule has 1 rings (SSSR count). The molecule has 1 aromatic rings. The number of aromatic nitrogens is 2. The van der Waals surface area contributed by atoms with Gasteiger partial charge in [0.25, 0.3) is 0 Å². The average molecular weight is 202 g/mol. The van der Waals surface area contributed by atoms with Crippen LogP contribution in [-0.4, -0.2) is 26.5 Å². The molecular formula is C8H12ClN3O. The first-order chi connectivity index (χ1) is 6.11. The summed E-state index contributed by atoms with van der Waals surface area (Å²) < 4.78 is 1.64. The molecule has 0 amide bonds. The van der Waals surface area contributed by atoms with Gasteiger partial charge in [-0.15, -0.1) is 11.6 Å². The van der Waals surface area contributed by atoms with Crippen LogP contribution in [0.5, 0.6) is 0 Å². The highest BCUT2D eigenvalue weighted by Crippen LogP contribution is 2.20. The van der Waals surface area contributed by atoms with Gasteiger partial charge in [0.1, 0.15) is 6.33 Å². The number of imidazole rings is 1. The van der Waals surface area contributed by atoms with Gasteiger partial charge in [-0.1, -0.05) is 19.0 Å². The van der Waals surface area contributed by atoms with Crippen LogP contribution in [0.1, 0.15) is 13.8 Å². The van der Waals surface area contributed by atoms with Gasteiger partial charge in [0.05, 0.1) is 0 Å². The maximum atomic E-state index is 8.85. The lowest BCUT2D eigenvalue weighted by Gasteiger charge is -2.22. The highest BCUT2D eigenvalue weighted by molar-refractivity contribution is 6.20. The molecule has 1 heterocycles. The number of rotatable bonds is 2. The second-order valence-electron chi connectivity index (χ2n) is 3.41. The molecule has 0 saturated carbocycles. The van der Waals surface area contributed by atoms with Crippen LogP contribution in [0.3, 0.4) is 0 Å². The Morgan fingerprint density at radius 2 is 2.38 bits per heavy atom. The summed E-state index contributed by atoms with van der Waals surface area (Å²) in [5, 5.41) is 12.1. The quantitative estimate of drug-likeness (QED) is 0.261. The van der Waals surface area contributed by atoms with E-state index in [4.69, 9.17) is 16.8 Å². The Morgan fingerprint density at radius 1 is 1.69 bits per heavy atom. The summed E-state index contributed by atoms with van der Waals surface area (Å²) in [6, 6.07) is 0. The highest BCUT2D eigenvalue weighted by Gasteiger charge is 2.26. The van der Waals surface area contributed by atoms with Crippen LogP contribution in [0.2, 0.25) is 0 Å². The predicted molar refractivity (Wildman–Crippen MR) is 51.3 cm³/mol. The third-order valence-electron chi connectivity index (χ3n) is 1.78. The molecule has 72 valence electrons. The molecule has 0 spiro atoms. The zero-order valence-electron chi connectivity index (χ0n) is 7.61. The molecule has 0 bridgehead atoms. The zero-order chi connectivity index (χ0) is 9.90. The molecule has 0 aliphatic heterocycles. The minimum atomic E-state index is -0.378. The first-order valence-corrected chi connectivity index (χ1v) is 4.42. The van der Waals surface area contributed by atoms with Crippen molar-refractivity contribution in [2.24, 2.45) is 10.6 Å². The van der Waals surface area contributed by atoms with E-state index >= 15 is 0 Å². The lowest BCUT2D eigenvalue weighted by atomic mass is 9.94. The third-order valence-corrected chi connectivity index (χ3v) is 2.45. The number of hydrogen-bond donors (Lipinski definition) is 1. The number of halogens is 1. The van der Waals surface area contributed by atoms with E-state index in [-0.39, 0.29) is 5.41 Å². The van der Waals surface area contributed by atoms with Gasteiger partial charge < -0.3 is 5.21 Å². The molecule has 0 radical (unpaired) electrons. The van der Waals surface area contributed by atoms with Gasteiger partial charge in [-0.25, -0.2) is 4.98 Å². The Labute approximate surface area is 81.8 Å². The van der Waals surface area contributed by atoms with E-state index in [0.717, 1.165) is 0 Å².